The van der Waals surface area contributed by atoms with Gasteiger partial charge in [0.1, 0.15) is 5.75 Å². The highest BCUT2D eigenvalue weighted by Gasteiger charge is 2.10. The van der Waals surface area contributed by atoms with E-state index in [0.717, 1.165) is 0 Å². The average Bonchev–Trinajstić information content (AvgIpc) is 2.26. The zero-order valence-corrected chi connectivity index (χ0v) is 9.90. The summed E-state index contributed by atoms with van der Waals surface area (Å²) < 4.78 is 5.59. The van der Waals surface area contributed by atoms with Crippen LogP contribution in [0.5, 0.6) is 11.5 Å². The molecule has 4 N–H and O–H groups in total. The van der Waals surface area contributed by atoms with Gasteiger partial charge in [-0.2, -0.15) is 4.98 Å². The highest BCUT2D eigenvalue weighted by Crippen LogP contribution is 2.29. The van der Waals surface area contributed by atoms with Crippen LogP contribution in [0.2, 0.25) is 5.02 Å². The molecule has 0 spiro atoms. The van der Waals surface area contributed by atoms with E-state index in [-0.39, 0.29) is 11.8 Å². The highest BCUT2D eigenvalue weighted by atomic mass is 35.5. The number of rotatable bonds is 2. The summed E-state index contributed by atoms with van der Waals surface area (Å²) in [6, 6.07) is 6.91. The van der Waals surface area contributed by atoms with Crippen molar-refractivity contribution < 1.29 is 4.74 Å². The summed E-state index contributed by atoms with van der Waals surface area (Å²) in [5, 5.41) is 0.635. The molecule has 2 rings (SSSR count). The maximum atomic E-state index is 5.78. The van der Waals surface area contributed by atoms with Gasteiger partial charge < -0.3 is 16.2 Å². The molecule has 5 nitrogen and oxygen atoms in total. The Morgan fingerprint density at radius 3 is 2.35 bits per heavy atom. The zero-order chi connectivity index (χ0) is 12.4. The van der Waals surface area contributed by atoms with Crippen molar-refractivity contribution in [2.24, 2.45) is 0 Å². The summed E-state index contributed by atoms with van der Waals surface area (Å²) in [4.78, 5) is 7.83. The molecule has 0 atom stereocenters. The predicted octanol–water partition coefficient (Wildman–Crippen LogP) is 2.40. The smallest absolute Gasteiger partial charge is 0.222 e. The van der Waals surface area contributed by atoms with E-state index in [0.29, 0.717) is 22.2 Å². The number of aryl methyl sites for hydroxylation is 1. The Balaban J connectivity index is 2.33. The molecule has 0 aliphatic rings. The van der Waals surface area contributed by atoms with E-state index in [1.165, 1.54) is 0 Å². The normalized spacial score (nSPS) is 10.2. The number of nitrogens with zero attached hydrogens (tertiary/aromatic N) is 2. The third kappa shape index (κ3) is 2.57. The number of benzene rings is 1. The molecule has 0 bridgehead atoms. The molecule has 0 aliphatic heterocycles. The first kappa shape index (κ1) is 11.5. The molecule has 0 saturated heterocycles. The second-order valence-electron chi connectivity index (χ2n) is 3.44. The number of hydrogen-bond donors (Lipinski definition) is 2. The third-order valence-electron chi connectivity index (χ3n) is 2.11. The molecular formula is C11H11ClN4O. The van der Waals surface area contributed by atoms with E-state index in [9.17, 15) is 0 Å². The van der Waals surface area contributed by atoms with E-state index in [2.05, 4.69) is 9.97 Å². The van der Waals surface area contributed by atoms with Crippen molar-refractivity contribution in [3.05, 3.63) is 35.0 Å². The van der Waals surface area contributed by atoms with E-state index in [1.807, 2.05) is 0 Å². The number of nitrogen functional groups attached to an aromatic ring is 2. The molecule has 0 unspecified atom stereocenters. The molecule has 1 heterocycles. The second-order valence-corrected chi connectivity index (χ2v) is 3.87. The molecule has 1 aromatic heterocycles. The van der Waals surface area contributed by atoms with E-state index < -0.39 is 0 Å². The number of nitrogens with two attached hydrogens (primary N) is 2. The van der Waals surface area contributed by atoms with Crippen LogP contribution in [-0.2, 0) is 0 Å². The van der Waals surface area contributed by atoms with Crippen LogP contribution in [0.1, 0.15) is 5.69 Å². The van der Waals surface area contributed by atoms with Crippen molar-refractivity contribution in [2.75, 3.05) is 11.5 Å². The summed E-state index contributed by atoms with van der Waals surface area (Å²) in [6.45, 7) is 1.75. The average molecular weight is 251 g/mol. The molecule has 0 radical (unpaired) electrons. The molecule has 2 aromatic rings. The van der Waals surface area contributed by atoms with Gasteiger partial charge in [-0.05, 0) is 31.2 Å². The van der Waals surface area contributed by atoms with Crippen LogP contribution in [0.15, 0.2) is 24.3 Å². The fraction of sp³-hybridized carbons (Fsp3) is 0.0909. The Morgan fingerprint density at radius 1 is 1.12 bits per heavy atom. The van der Waals surface area contributed by atoms with Gasteiger partial charge in [-0.25, -0.2) is 4.98 Å². The number of aromatic nitrogens is 2. The Hall–Kier alpha value is -2.01. The zero-order valence-electron chi connectivity index (χ0n) is 9.14. The first-order valence-electron chi connectivity index (χ1n) is 4.89. The second kappa shape index (κ2) is 4.47. The van der Waals surface area contributed by atoms with Gasteiger partial charge in [-0.1, -0.05) is 11.6 Å². The van der Waals surface area contributed by atoms with Crippen molar-refractivity contribution in [2.45, 2.75) is 6.92 Å². The van der Waals surface area contributed by atoms with Gasteiger partial charge >= 0.3 is 0 Å². The van der Waals surface area contributed by atoms with Crippen LogP contribution in [0.3, 0.4) is 0 Å². The first-order chi connectivity index (χ1) is 8.06. The number of anilines is 2. The Labute approximate surface area is 103 Å². The monoisotopic (exact) mass is 250 g/mol. The maximum absolute atomic E-state index is 5.78. The summed E-state index contributed by atoms with van der Waals surface area (Å²) in [6.07, 6.45) is 0. The molecule has 0 saturated carbocycles. The summed E-state index contributed by atoms with van der Waals surface area (Å²) in [7, 11) is 0. The van der Waals surface area contributed by atoms with E-state index >= 15 is 0 Å². The van der Waals surface area contributed by atoms with Gasteiger partial charge in [0.05, 0.1) is 5.69 Å². The Morgan fingerprint density at radius 2 is 1.76 bits per heavy atom. The van der Waals surface area contributed by atoms with Crippen molar-refractivity contribution in [3.63, 3.8) is 0 Å². The summed E-state index contributed by atoms with van der Waals surface area (Å²) >= 11 is 5.78. The van der Waals surface area contributed by atoms with Gasteiger partial charge in [-0.3, -0.25) is 0 Å². The quantitative estimate of drug-likeness (QED) is 0.855. The largest absolute Gasteiger partial charge is 0.452 e. The van der Waals surface area contributed by atoms with Gasteiger partial charge in [0.2, 0.25) is 5.95 Å². The van der Waals surface area contributed by atoms with Crippen molar-refractivity contribution in [1.82, 2.24) is 9.97 Å². The molecule has 0 fully saturated rings. The molecule has 0 amide bonds. The highest BCUT2D eigenvalue weighted by molar-refractivity contribution is 6.30. The van der Waals surface area contributed by atoms with Crippen molar-refractivity contribution in [1.29, 1.82) is 0 Å². The minimum atomic E-state index is 0.128. The fourth-order valence-corrected chi connectivity index (χ4v) is 1.48. The number of hydrogen-bond acceptors (Lipinski definition) is 5. The first-order valence-corrected chi connectivity index (χ1v) is 5.27. The van der Waals surface area contributed by atoms with Gasteiger partial charge in [0.25, 0.3) is 0 Å². The minimum Gasteiger partial charge on any atom is -0.452 e. The maximum Gasteiger partial charge on any atom is 0.222 e. The van der Waals surface area contributed by atoms with Crippen LogP contribution in [0.4, 0.5) is 11.8 Å². The van der Waals surface area contributed by atoms with Crippen LogP contribution in [-0.4, -0.2) is 9.97 Å². The SMILES string of the molecule is Cc1nc(N)nc(N)c1Oc1ccc(Cl)cc1. The summed E-state index contributed by atoms with van der Waals surface area (Å²) in [5.41, 5.74) is 11.8. The van der Waals surface area contributed by atoms with Crippen LogP contribution >= 0.6 is 11.6 Å². The number of halogens is 1. The van der Waals surface area contributed by atoms with Crippen molar-refractivity contribution in [3.8, 4) is 11.5 Å². The predicted molar refractivity (Wildman–Crippen MR) is 67.1 cm³/mol. The van der Waals surface area contributed by atoms with Gasteiger partial charge in [0.15, 0.2) is 11.6 Å². The van der Waals surface area contributed by atoms with Gasteiger partial charge in [-0.15, -0.1) is 0 Å². The lowest BCUT2D eigenvalue weighted by molar-refractivity contribution is 0.476. The fourth-order valence-electron chi connectivity index (χ4n) is 1.35. The molecular weight excluding hydrogens is 240 g/mol. The molecule has 17 heavy (non-hydrogen) atoms. The van der Waals surface area contributed by atoms with Crippen LogP contribution in [0.25, 0.3) is 0 Å². The van der Waals surface area contributed by atoms with Gasteiger partial charge in [0, 0.05) is 5.02 Å². The van der Waals surface area contributed by atoms with Crippen LogP contribution in [0, 0.1) is 6.92 Å². The molecule has 6 heteroatoms. The van der Waals surface area contributed by atoms with Crippen molar-refractivity contribution >= 4 is 23.4 Å². The third-order valence-corrected chi connectivity index (χ3v) is 2.36. The lowest BCUT2D eigenvalue weighted by atomic mass is 10.3. The van der Waals surface area contributed by atoms with E-state index in [1.54, 1.807) is 31.2 Å². The number of ether oxygens (including phenoxy) is 1. The summed E-state index contributed by atoms with van der Waals surface area (Å²) in [5.74, 6) is 1.35. The Kier molecular flexibility index (Phi) is 3.01. The topological polar surface area (TPSA) is 87.0 Å². The van der Waals surface area contributed by atoms with E-state index in [4.69, 9.17) is 27.8 Å². The molecule has 1 aromatic carbocycles. The molecule has 0 aliphatic carbocycles. The Bertz CT molecular complexity index is 519. The van der Waals surface area contributed by atoms with Crippen LogP contribution < -0.4 is 16.2 Å². The minimum absolute atomic E-state index is 0.128. The standard InChI is InChI=1S/C11H11ClN4O/c1-6-9(10(13)16-11(14)15-6)17-8-4-2-7(12)3-5-8/h2-5H,1H3,(H4,13,14,15,16). The molecule has 88 valence electrons. The lowest BCUT2D eigenvalue weighted by Crippen LogP contribution is -2.04. The lowest BCUT2D eigenvalue weighted by Gasteiger charge is -2.10.